The van der Waals surface area contributed by atoms with E-state index in [0.29, 0.717) is 19.8 Å². The summed E-state index contributed by atoms with van der Waals surface area (Å²) in [6.45, 7) is 10.1. The Morgan fingerprint density at radius 2 is 1.86 bits per heavy atom. The highest BCUT2D eigenvalue weighted by molar-refractivity contribution is 4.64. The van der Waals surface area contributed by atoms with Crippen LogP contribution < -0.4 is 0 Å². The third-order valence-electron chi connectivity index (χ3n) is 1.66. The van der Waals surface area contributed by atoms with Gasteiger partial charge >= 0.3 is 0 Å². The monoisotopic (exact) mass is 202 g/mol. The van der Waals surface area contributed by atoms with E-state index in [0.717, 1.165) is 19.4 Å². The molecule has 0 aromatic rings. The summed E-state index contributed by atoms with van der Waals surface area (Å²) in [5.74, 6) is 0. The Morgan fingerprint density at radius 3 is 2.36 bits per heavy atom. The maximum atomic E-state index is 5.41. The Balaban J connectivity index is 3.34. The molecular formula is C11H22O3. The van der Waals surface area contributed by atoms with Crippen LogP contribution in [-0.2, 0) is 14.2 Å². The second kappa shape index (κ2) is 10.7. The second-order valence-electron chi connectivity index (χ2n) is 2.85. The first-order chi connectivity index (χ1) is 6.85. The summed E-state index contributed by atoms with van der Waals surface area (Å²) in [6, 6.07) is 0. The number of hydrogen-bond acceptors (Lipinski definition) is 3. The molecule has 0 N–H and O–H groups in total. The maximum Gasteiger partial charge on any atom is 0.180 e. The predicted octanol–water partition coefficient (Wildman–Crippen LogP) is 2.37. The Kier molecular flexibility index (Phi) is 10.4. The van der Waals surface area contributed by atoms with Crippen LogP contribution in [0, 0.1) is 0 Å². The van der Waals surface area contributed by atoms with E-state index < -0.39 is 0 Å². The summed E-state index contributed by atoms with van der Waals surface area (Å²) in [5.41, 5.74) is 0. The van der Waals surface area contributed by atoms with Crippen LogP contribution in [0.15, 0.2) is 12.7 Å². The van der Waals surface area contributed by atoms with E-state index in [1.54, 1.807) is 0 Å². The van der Waals surface area contributed by atoms with Crippen molar-refractivity contribution in [1.29, 1.82) is 0 Å². The second-order valence-corrected chi connectivity index (χ2v) is 2.85. The SMILES string of the molecule is C=CCCCOCC(OCC)OCC. The molecule has 0 saturated carbocycles. The van der Waals surface area contributed by atoms with Gasteiger partial charge in [-0.05, 0) is 26.7 Å². The Hall–Kier alpha value is -0.380. The molecule has 3 nitrogen and oxygen atoms in total. The van der Waals surface area contributed by atoms with Crippen LogP contribution in [0.5, 0.6) is 0 Å². The molecule has 0 rings (SSSR count). The molecule has 0 unspecified atom stereocenters. The van der Waals surface area contributed by atoms with Gasteiger partial charge in [-0.1, -0.05) is 6.08 Å². The molecule has 0 aromatic carbocycles. The first-order valence-electron chi connectivity index (χ1n) is 5.27. The highest BCUT2D eigenvalue weighted by Gasteiger charge is 2.06. The van der Waals surface area contributed by atoms with Gasteiger partial charge < -0.3 is 14.2 Å². The Bertz CT molecular complexity index is 120. The summed E-state index contributed by atoms with van der Waals surface area (Å²) < 4.78 is 16.0. The smallest absolute Gasteiger partial charge is 0.180 e. The standard InChI is InChI=1S/C11H22O3/c1-4-7-8-9-12-10-11(13-5-2)14-6-3/h4,11H,1,5-10H2,2-3H3. The fraction of sp³-hybridized carbons (Fsp3) is 0.818. The quantitative estimate of drug-likeness (QED) is 0.309. The van der Waals surface area contributed by atoms with Crippen molar-refractivity contribution in [3.05, 3.63) is 12.7 Å². The number of allylic oxidation sites excluding steroid dienone is 1. The molecule has 0 radical (unpaired) electrons. The third kappa shape index (κ3) is 8.23. The van der Waals surface area contributed by atoms with Gasteiger partial charge in [0.15, 0.2) is 6.29 Å². The molecule has 0 fully saturated rings. The molecule has 0 bridgehead atoms. The molecule has 0 amide bonds. The lowest BCUT2D eigenvalue weighted by molar-refractivity contribution is -0.167. The van der Waals surface area contributed by atoms with E-state index in [9.17, 15) is 0 Å². The lowest BCUT2D eigenvalue weighted by Crippen LogP contribution is -2.23. The van der Waals surface area contributed by atoms with Gasteiger partial charge in [0.1, 0.15) is 0 Å². The summed E-state index contributed by atoms with van der Waals surface area (Å²) in [7, 11) is 0. The van der Waals surface area contributed by atoms with Crippen molar-refractivity contribution in [3.8, 4) is 0 Å². The van der Waals surface area contributed by atoms with Gasteiger partial charge in [-0.15, -0.1) is 6.58 Å². The Morgan fingerprint density at radius 1 is 1.21 bits per heavy atom. The van der Waals surface area contributed by atoms with Gasteiger partial charge in [0.05, 0.1) is 6.61 Å². The van der Waals surface area contributed by atoms with Gasteiger partial charge in [-0.2, -0.15) is 0 Å². The molecular weight excluding hydrogens is 180 g/mol. The van der Waals surface area contributed by atoms with Crippen LogP contribution in [0.1, 0.15) is 26.7 Å². The van der Waals surface area contributed by atoms with Crippen molar-refractivity contribution in [3.63, 3.8) is 0 Å². The van der Waals surface area contributed by atoms with Gasteiger partial charge in [-0.25, -0.2) is 0 Å². The lowest BCUT2D eigenvalue weighted by Gasteiger charge is -2.16. The van der Waals surface area contributed by atoms with Crippen molar-refractivity contribution in [2.75, 3.05) is 26.4 Å². The van der Waals surface area contributed by atoms with Crippen molar-refractivity contribution >= 4 is 0 Å². The molecule has 0 heterocycles. The topological polar surface area (TPSA) is 27.7 Å². The van der Waals surface area contributed by atoms with Crippen LogP contribution in [0.4, 0.5) is 0 Å². The van der Waals surface area contributed by atoms with E-state index >= 15 is 0 Å². The highest BCUT2D eigenvalue weighted by atomic mass is 16.7. The van der Waals surface area contributed by atoms with Crippen molar-refractivity contribution in [2.45, 2.75) is 33.0 Å². The molecule has 0 spiro atoms. The van der Waals surface area contributed by atoms with Crippen molar-refractivity contribution in [2.24, 2.45) is 0 Å². The normalized spacial score (nSPS) is 10.8. The van der Waals surface area contributed by atoms with Crippen LogP contribution >= 0.6 is 0 Å². The van der Waals surface area contributed by atoms with E-state index in [4.69, 9.17) is 14.2 Å². The summed E-state index contributed by atoms with van der Waals surface area (Å²) in [6.07, 6.45) is 3.68. The molecule has 0 aromatic heterocycles. The summed E-state index contributed by atoms with van der Waals surface area (Å²) in [5, 5.41) is 0. The molecule has 0 aliphatic rings. The van der Waals surface area contributed by atoms with E-state index in [1.807, 2.05) is 19.9 Å². The zero-order valence-electron chi connectivity index (χ0n) is 9.33. The van der Waals surface area contributed by atoms with Gasteiger partial charge in [0, 0.05) is 19.8 Å². The van der Waals surface area contributed by atoms with E-state index in [2.05, 4.69) is 6.58 Å². The molecule has 0 atom stereocenters. The molecule has 3 heteroatoms. The fourth-order valence-electron chi connectivity index (χ4n) is 1.03. The van der Waals surface area contributed by atoms with Gasteiger partial charge in [0.2, 0.25) is 0 Å². The predicted molar refractivity (Wildman–Crippen MR) is 57.3 cm³/mol. The average molecular weight is 202 g/mol. The zero-order valence-corrected chi connectivity index (χ0v) is 9.33. The summed E-state index contributed by atoms with van der Waals surface area (Å²) in [4.78, 5) is 0. The number of unbranched alkanes of at least 4 members (excludes halogenated alkanes) is 1. The van der Waals surface area contributed by atoms with E-state index in [1.165, 1.54) is 0 Å². The van der Waals surface area contributed by atoms with Crippen LogP contribution in [-0.4, -0.2) is 32.7 Å². The lowest BCUT2D eigenvalue weighted by atomic mass is 10.3. The van der Waals surface area contributed by atoms with Crippen molar-refractivity contribution < 1.29 is 14.2 Å². The molecule has 0 aliphatic heterocycles. The highest BCUT2D eigenvalue weighted by Crippen LogP contribution is 1.98. The first kappa shape index (κ1) is 13.6. The fourth-order valence-corrected chi connectivity index (χ4v) is 1.03. The van der Waals surface area contributed by atoms with Crippen molar-refractivity contribution in [1.82, 2.24) is 0 Å². The van der Waals surface area contributed by atoms with Crippen LogP contribution in [0.3, 0.4) is 0 Å². The number of ether oxygens (including phenoxy) is 3. The summed E-state index contributed by atoms with van der Waals surface area (Å²) >= 11 is 0. The zero-order chi connectivity index (χ0) is 10.6. The molecule has 0 saturated heterocycles. The maximum absolute atomic E-state index is 5.41. The number of hydrogen-bond donors (Lipinski definition) is 0. The van der Waals surface area contributed by atoms with E-state index in [-0.39, 0.29) is 6.29 Å². The number of rotatable bonds is 10. The van der Waals surface area contributed by atoms with Crippen LogP contribution in [0.2, 0.25) is 0 Å². The van der Waals surface area contributed by atoms with Gasteiger partial charge in [0.25, 0.3) is 0 Å². The Labute approximate surface area is 87.0 Å². The molecule has 14 heavy (non-hydrogen) atoms. The largest absolute Gasteiger partial charge is 0.376 e. The third-order valence-corrected chi connectivity index (χ3v) is 1.66. The van der Waals surface area contributed by atoms with Crippen LogP contribution in [0.25, 0.3) is 0 Å². The first-order valence-corrected chi connectivity index (χ1v) is 5.27. The molecule has 0 aliphatic carbocycles. The average Bonchev–Trinajstić information content (AvgIpc) is 2.18. The minimum Gasteiger partial charge on any atom is -0.376 e. The minimum atomic E-state index is -0.214. The minimum absolute atomic E-state index is 0.214. The molecule has 84 valence electrons. The van der Waals surface area contributed by atoms with Gasteiger partial charge in [-0.3, -0.25) is 0 Å².